The highest BCUT2D eigenvalue weighted by atomic mass is 16.1. The Morgan fingerprint density at radius 3 is 2.88 bits per heavy atom. The van der Waals surface area contributed by atoms with Gasteiger partial charge in [-0.15, -0.1) is 5.10 Å². The van der Waals surface area contributed by atoms with Crippen LogP contribution in [0.2, 0.25) is 0 Å². The van der Waals surface area contributed by atoms with E-state index in [1.165, 1.54) is 11.0 Å². The van der Waals surface area contributed by atoms with Crippen LogP contribution in [0.25, 0.3) is 0 Å². The molecule has 6 heteroatoms. The van der Waals surface area contributed by atoms with E-state index < -0.39 is 5.91 Å². The molecule has 1 aromatic carbocycles. The van der Waals surface area contributed by atoms with Crippen LogP contribution < -0.4 is 5.73 Å². The van der Waals surface area contributed by atoms with E-state index in [0.717, 1.165) is 5.56 Å². The van der Waals surface area contributed by atoms with Gasteiger partial charge in [0.15, 0.2) is 0 Å². The van der Waals surface area contributed by atoms with Crippen molar-refractivity contribution in [3.05, 3.63) is 47.5 Å². The number of rotatable bonds is 3. The van der Waals surface area contributed by atoms with E-state index in [1.807, 2.05) is 12.1 Å². The molecule has 2 aromatic rings. The first kappa shape index (κ1) is 10.8. The number of primary amides is 1. The zero-order valence-corrected chi connectivity index (χ0v) is 8.87. The van der Waals surface area contributed by atoms with Crippen molar-refractivity contribution in [3.8, 4) is 6.07 Å². The Balaban J connectivity index is 2.26. The van der Waals surface area contributed by atoms with Gasteiger partial charge in [0.2, 0.25) is 5.82 Å². The van der Waals surface area contributed by atoms with Crippen molar-refractivity contribution in [2.45, 2.75) is 6.54 Å². The molecule has 0 atom stereocenters. The van der Waals surface area contributed by atoms with Gasteiger partial charge in [0.1, 0.15) is 6.33 Å². The number of amides is 1. The number of hydrogen-bond donors (Lipinski definition) is 1. The number of nitrogens with zero attached hydrogens (tertiary/aromatic N) is 4. The maximum absolute atomic E-state index is 10.8. The molecular weight excluding hydrogens is 218 g/mol. The summed E-state index contributed by atoms with van der Waals surface area (Å²) in [6.45, 7) is 0.379. The lowest BCUT2D eigenvalue weighted by molar-refractivity contribution is 0.0990. The van der Waals surface area contributed by atoms with Crippen molar-refractivity contribution >= 4 is 5.91 Å². The molecule has 0 saturated carbocycles. The minimum atomic E-state index is -0.669. The predicted molar refractivity (Wildman–Crippen MR) is 58.8 cm³/mol. The third kappa shape index (κ3) is 2.29. The van der Waals surface area contributed by atoms with Crippen LogP contribution in [0.5, 0.6) is 0 Å². The summed E-state index contributed by atoms with van der Waals surface area (Å²) in [6, 6.07) is 9.26. The SMILES string of the molecule is N#Cc1ccccc1Cn1cnc(C(N)=O)n1. The summed E-state index contributed by atoms with van der Waals surface area (Å²) in [4.78, 5) is 14.6. The molecule has 84 valence electrons. The van der Waals surface area contributed by atoms with Crippen molar-refractivity contribution in [1.82, 2.24) is 14.8 Å². The van der Waals surface area contributed by atoms with Crippen molar-refractivity contribution in [2.24, 2.45) is 5.73 Å². The summed E-state index contributed by atoms with van der Waals surface area (Å²) in [5.74, 6) is -0.697. The number of nitriles is 1. The second-order valence-corrected chi connectivity index (χ2v) is 3.40. The predicted octanol–water partition coefficient (Wildman–Crippen LogP) is 0.297. The monoisotopic (exact) mass is 227 g/mol. The number of aromatic nitrogens is 3. The normalized spacial score (nSPS) is 9.82. The Morgan fingerprint density at radius 1 is 1.47 bits per heavy atom. The molecule has 2 rings (SSSR count). The third-order valence-electron chi connectivity index (χ3n) is 2.23. The fourth-order valence-electron chi connectivity index (χ4n) is 1.43. The van der Waals surface area contributed by atoms with Crippen LogP contribution >= 0.6 is 0 Å². The molecule has 0 aliphatic rings. The Kier molecular flexibility index (Phi) is 2.83. The lowest BCUT2D eigenvalue weighted by Crippen LogP contribution is -2.14. The van der Waals surface area contributed by atoms with E-state index in [0.29, 0.717) is 12.1 Å². The Bertz CT molecular complexity index is 596. The highest BCUT2D eigenvalue weighted by Crippen LogP contribution is 2.08. The van der Waals surface area contributed by atoms with Crippen LogP contribution in [-0.2, 0) is 6.54 Å². The van der Waals surface area contributed by atoms with Gasteiger partial charge >= 0.3 is 0 Å². The van der Waals surface area contributed by atoms with Crippen LogP contribution in [0.3, 0.4) is 0 Å². The van der Waals surface area contributed by atoms with Gasteiger partial charge in [0, 0.05) is 0 Å². The molecule has 0 radical (unpaired) electrons. The van der Waals surface area contributed by atoms with E-state index >= 15 is 0 Å². The lowest BCUT2D eigenvalue weighted by atomic mass is 10.1. The smallest absolute Gasteiger partial charge is 0.288 e. The summed E-state index contributed by atoms with van der Waals surface area (Å²) in [5, 5.41) is 12.8. The molecule has 2 N–H and O–H groups in total. The molecule has 1 heterocycles. The largest absolute Gasteiger partial charge is 0.363 e. The molecule has 0 spiro atoms. The highest BCUT2D eigenvalue weighted by molar-refractivity contribution is 5.88. The molecule has 0 saturated heterocycles. The van der Waals surface area contributed by atoms with E-state index in [4.69, 9.17) is 11.0 Å². The molecule has 6 nitrogen and oxygen atoms in total. The maximum atomic E-state index is 10.8. The molecule has 0 aliphatic carbocycles. The van der Waals surface area contributed by atoms with Crippen LogP contribution in [0, 0.1) is 11.3 Å². The second-order valence-electron chi connectivity index (χ2n) is 3.40. The first-order valence-electron chi connectivity index (χ1n) is 4.88. The van der Waals surface area contributed by atoms with Gasteiger partial charge in [0.05, 0.1) is 18.2 Å². The fourth-order valence-corrected chi connectivity index (χ4v) is 1.43. The number of carbonyl (C=O) groups excluding carboxylic acids is 1. The maximum Gasteiger partial charge on any atom is 0.288 e. The second kappa shape index (κ2) is 4.45. The van der Waals surface area contributed by atoms with Gasteiger partial charge in [0.25, 0.3) is 5.91 Å². The van der Waals surface area contributed by atoms with Crippen molar-refractivity contribution in [1.29, 1.82) is 5.26 Å². The minimum Gasteiger partial charge on any atom is -0.363 e. The first-order chi connectivity index (χ1) is 8.20. The molecule has 1 aromatic heterocycles. The molecule has 17 heavy (non-hydrogen) atoms. The van der Waals surface area contributed by atoms with Crippen molar-refractivity contribution in [2.75, 3.05) is 0 Å². The van der Waals surface area contributed by atoms with Crippen molar-refractivity contribution in [3.63, 3.8) is 0 Å². The molecular formula is C11H9N5O. The Hall–Kier alpha value is -2.68. The number of carbonyl (C=O) groups is 1. The number of nitrogens with two attached hydrogens (primary N) is 1. The lowest BCUT2D eigenvalue weighted by Gasteiger charge is -2.02. The summed E-state index contributed by atoms with van der Waals surface area (Å²) in [5.41, 5.74) is 6.44. The fraction of sp³-hybridized carbons (Fsp3) is 0.0909. The van der Waals surface area contributed by atoms with Crippen LogP contribution in [0.4, 0.5) is 0 Å². The van der Waals surface area contributed by atoms with E-state index in [1.54, 1.807) is 12.1 Å². The molecule has 0 aliphatic heterocycles. The first-order valence-corrected chi connectivity index (χ1v) is 4.88. The summed E-state index contributed by atoms with van der Waals surface area (Å²) in [7, 11) is 0. The van der Waals surface area contributed by atoms with Gasteiger partial charge < -0.3 is 5.73 Å². The van der Waals surface area contributed by atoms with Crippen LogP contribution in [0.1, 0.15) is 21.7 Å². The van der Waals surface area contributed by atoms with Gasteiger partial charge in [-0.1, -0.05) is 18.2 Å². The topological polar surface area (TPSA) is 97.6 Å². The van der Waals surface area contributed by atoms with Crippen LogP contribution in [0.15, 0.2) is 30.6 Å². The van der Waals surface area contributed by atoms with E-state index in [2.05, 4.69) is 16.2 Å². The van der Waals surface area contributed by atoms with E-state index in [-0.39, 0.29) is 5.82 Å². The number of hydrogen-bond acceptors (Lipinski definition) is 4. The van der Waals surface area contributed by atoms with Crippen LogP contribution in [-0.4, -0.2) is 20.7 Å². The van der Waals surface area contributed by atoms with Crippen molar-refractivity contribution < 1.29 is 4.79 Å². The number of benzene rings is 1. The zero-order valence-electron chi connectivity index (χ0n) is 8.87. The highest BCUT2D eigenvalue weighted by Gasteiger charge is 2.08. The third-order valence-corrected chi connectivity index (χ3v) is 2.23. The molecule has 0 fully saturated rings. The standard InChI is InChI=1S/C11H9N5O/c12-5-8-3-1-2-4-9(8)6-16-7-14-11(15-16)10(13)17/h1-4,7H,6H2,(H2,13,17). The Labute approximate surface area is 97.3 Å². The van der Waals surface area contributed by atoms with Gasteiger partial charge in [-0.3, -0.25) is 4.79 Å². The van der Waals surface area contributed by atoms with Gasteiger partial charge in [-0.25, -0.2) is 9.67 Å². The summed E-state index contributed by atoms with van der Waals surface area (Å²) in [6.07, 6.45) is 1.41. The zero-order chi connectivity index (χ0) is 12.3. The molecule has 0 unspecified atom stereocenters. The van der Waals surface area contributed by atoms with Gasteiger partial charge in [-0.2, -0.15) is 5.26 Å². The van der Waals surface area contributed by atoms with Gasteiger partial charge in [-0.05, 0) is 11.6 Å². The Morgan fingerprint density at radius 2 is 2.24 bits per heavy atom. The molecule has 1 amide bonds. The summed E-state index contributed by atoms with van der Waals surface area (Å²) < 4.78 is 1.47. The quantitative estimate of drug-likeness (QED) is 0.815. The minimum absolute atomic E-state index is 0.0283. The van der Waals surface area contributed by atoms with E-state index in [9.17, 15) is 4.79 Å². The summed E-state index contributed by atoms with van der Waals surface area (Å²) >= 11 is 0. The average molecular weight is 227 g/mol. The average Bonchev–Trinajstić information content (AvgIpc) is 2.78. The molecule has 0 bridgehead atoms.